The molecule has 0 aliphatic carbocycles. The molecule has 8 heteroatoms. The zero-order chi connectivity index (χ0) is 21.8. The van der Waals surface area contributed by atoms with Crippen molar-refractivity contribution in [2.45, 2.75) is 25.4 Å². The SMILES string of the molecule is C[C@H](C(=O)Nc1ccc(N2CCOCC2)cc1)N1C(=O)N[C@@H](Cc2ccccc2)C1=O. The summed E-state index contributed by atoms with van der Waals surface area (Å²) in [5.74, 6) is -0.804. The minimum atomic E-state index is -0.924. The molecule has 2 aromatic rings. The summed E-state index contributed by atoms with van der Waals surface area (Å²) in [6, 6.07) is 14.8. The Bertz CT molecular complexity index is 942. The monoisotopic (exact) mass is 422 g/mol. The molecule has 0 unspecified atom stereocenters. The summed E-state index contributed by atoms with van der Waals surface area (Å²) in [7, 11) is 0. The van der Waals surface area contributed by atoms with Crippen LogP contribution in [-0.2, 0) is 20.7 Å². The van der Waals surface area contributed by atoms with E-state index in [0.717, 1.165) is 29.2 Å². The smallest absolute Gasteiger partial charge is 0.325 e. The fourth-order valence-electron chi connectivity index (χ4n) is 3.84. The van der Waals surface area contributed by atoms with E-state index in [1.807, 2.05) is 54.6 Å². The molecular weight excluding hydrogens is 396 g/mol. The number of morpholine rings is 1. The van der Waals surface area contributed by atoms with Crippen LogP contribution in [0.4, 0.5) is 16.2 Å². The van der Waals surface area contributed by atoms with E-state index >= 15 is 0 Å². The number of nitrogens with zero attached hydrogens (tertiary/aromatic N) is 2. The van der Waals surface area contributed by atoms with Gasteiger partial charge in [-0.25, -0.2) is 4.79 Å². The van der Waals surface area contributed by atoms with Crippen LogP contribution in [0.1, 0.15) is 12.5 Å². The zero-order valence-electron chi connectivity index (χ0n) is 17.4. The molecule has 8 nitrogen and oxygen atoms in total. The van der Waals surface area contributed by atoms with E-state index in [2.05, 4.69) is 15.5 Å². The fourth-order valence-corrected chi connectivity index (χ4v) is 3.84. The Kier molecular flexibility index (Phi) is 6.18. The molecule has 2 saturated heterocycles. The number of carbonyl (C=O) groups is 3. The minimum absolute atomic E-state index is 0.388. The molecular formula is C23H26N4O4. The maximum atomic E-state index is 12.8. The average molecular weight is 422 g/mol. The number of rotatable bonds is 6. The van der Waals surface area contributed by atoms with Crippen molar-refractivity contribution in [2.75, 3.05) is 36.5 Å². The van der Waals surface area contributed by atoms with Gasteiger partial charge in [0, 0.05) is 30.9 Å². The quantitative estimate of drug-likeness (QED) is 0.695. The third-order valence-corrected chi connectivity index (χ3v) is 5.61. The second kappa shape index (κ2) is 9.18. The molecule has 2 aliphatic rings. The van der Waals surface area contributed by atoms with Gasteiger partial charge in [-0.15, -0.1) is 0 Å². The van der Waals surface area contributed by atoms with E-state index in [9.17, 15) is 14.4 Å². The summed E-state index contributed by atoms with van der Waals surface area (Å²) in [6.07, 6.45) is 0.388. The Morgan fingerprint density at radius 2 is 1.77 bits per heavy atom. The van der Waals surface area contributed by atoms with Gasteiger partial charge in [0.2, 0.25) is 5.91 Å². The van der Waals surface area contributed by atoms with Crippen LogP contribution >= 0.6 is 0 Å². The fraction of sp³-hybridized carbons (Fsp3) is 0.348. The van der Waals surface area contributed by atoms with E-state index in [4.69, 9.17) is 4.74 Å². The number of hydrogen-bond donors (Lipinski definition) is 2. The van der Waals surface area contributed by atoms with Crippen molar-refractivity contribution in [3.63, 3.8) is 0 Å². The number of urea groups is 1. The lowest BCUT2D eigenvalue weighted by atomic mass is 10.1. The highest BCUT2D eigenvalue weighted by Gasteiger charge is 2.42. The summed E-state index contributed by atoms with van der Waals surface area (Å²) >= 11 is 0. The number of benzene rings is 2. The Morgan fingerprint density at radius 1 is 1.10 bits per heavy atom. The van der Waals surface area contributed by atoms with Crippen LogP contribution in [-0.4, -0.2) is 61.1 Å². The topological polar surface area (TPSA) is 91.0 Å². The third-order valence-electron chi connectivity index (χ3n) is 5.61. The molecule has 0 saturated carbocycles. The van der Waals surface area contributed by atoms with Crippen LogP contribution in [0, 0.1) is 0 Å². The Balaban J connectivity index is 1.37. The molecule has 0 aromatic heterocycles. The molecule has 0 bridgehead atoms. The minimum Gasteiger partial charge on any atom is -0.378 e. The van der Waals surface area contributed by atoms with E-state index in [1.165, 1.54) is 0 Å². The van der Waals surface area contributed by atoms with Gasteiger partial charge in [0.05, 0.1) is 13.2 Å². The molecule has 2 atom stereocenters. The lowest BCUT2D eigenvalue weighted by Gasteiger charge is -2.29. The number of carbonyl (C=O) groups excluding carboxylic acids is 3. The highest BCUT2D eigenvalue weighted by Crippen LogP contribution is 2.20. The Labute approximate surface area is 181 Å². The Morgan fingerprint density at radius 3 is 2.45 bits per heavy atom. The third kappa shape index (κ3) is 4.69. The maximum Gasteiger partial charge on any atom is 0.325 e. The summed E-state index contributed by atoms with van der Waals surface area (Å²) in [6.45, 7) is 4.62. The van der Waals surface area contributed by atoms with Crippen LogP contribution in [0.15, 0.2) is 54.6 Å². The summed E-state index contributed by atoms with van der Waals surface area (Å²) < 4.78 is 5.37. The van der Waals surface area contributed by atoms with Gasteiger partial charge in [-0.2, -0.15) is 0 Å². The molecule has 4 amide bonds. The predicted molar refractivity (Wildman–Crippen MR) is 117 cm³/mol. The molecule has 2 N–H and O–H groups in total. The first-order valence-electron chi connectivity index (χ1n) is 10.4. The zero-order valence-corrected chi connectivity index (χ0v) is 17.4. The second-order valence-electron chi connectivity index (χ2n) is 7.71. The van der Waals surface area contributed by atoms with E-state index in [0.29, 0.717) is 25.3 Å². The summed E-state index contributed by atoms with van der Waals surface area (Å²) in [5.41, 5.74) is 2.62. The first-order chi connectivity index (χ1) is 15.0. The van der Waals surface area contributed by atoms with Crippen molar-refractivity contribution in [3.05, 3.63) is 60.2 Å². The normalized spacial score (nSPS) is 19.8. The molecule has 2 aliphatic heterocycles. The number of anilines is 2. The number of amides is 4. The van der Waals surface area contributed by atoms with Crippen LogP contribution < -0.4 is 15.5 Å². The first-order valence-corrected chi connectivity index (χ1v) is 10.4. The molecule has 0 radical (unpaired) electrons. The lowest BCUT2D eigenvalue weighted by molar-refractivity contribution is -0.133. The largest absolute Gasteiger partial charge is 0.378 e. The van der Waals surface area contributed by atoms with Crippen LogP contribution in [0.2, 0.25) is 0 Å². The van der Waals surface area contributed by atoms with Crippen molar-refractivity contribution in [2.24, 2.45) is 0 Å². The van der Waals surface area contributed by atoms with Gasteiger partial charge in [-0.3, -0.25) is 14.5 Å². The predicted octanol–water partition coefficient (Wildman–Crippen LogP) is 2.01. The lowest BCUT2D eigenvalue weighted by Crippen LogP contribution is -2.46. The molecule has 162 valence electrons. The van der Waals surface area contributed by atoms with Crippen molar-refractivity contribution in [1.29, 1.82) is 0 Å². The van der Waals surface area contributed by atoms with Crippen LogP contribution in [0.5, 0.6) is 0 Å². The van der Waals surface area contributed by atoms with Gasteiger partial charge in [-0.1, -0.05) is 30.3 Å². The standard InChI is InChI=1S/C23H26N4O4/c1-16(27-22(29)20(25-23(27)30)15-17-5-3-2-4-6-17)21(28)24-18-7-9-19(10-8-18)26-11-13-31-14-12-26/h2-10,16,20H,11-15H2,1H3,(H,24,28)(H,25,30)/t16-,20+/m1/s1. The number of ether oxygens (including phenoxy) is 1. The second-order valence-corrected chi connectivity index (χ2v) is 7.71. The molecule has 2 fully saturated rings. The molecule has 31 heavy (non-hydrogen) atoms. The van der Waals surface area contributed by atoms with Gasteiger partial charge >= 0.3 is 6.03 Å². The molecule has 2 aromatic carbocycles. The van der Waals surface area contributed by atoms with Gasteiger partial charge in [0.15, 0.2) is 0 Å². The molecule has 2 heterocycles. The summed E-state index contributed by atoms with van der Waals surface area (Å²) in [4.78, 5) is 41.1. The van der Waals surface area contributed by atoms with Crippen LogP contribution in [0.25, 0.3) is 0 Å². The molecule has 0 spiro atoms. The van der Waals surface area contributed by atoms with Crippen molar-refractivity contribution in [1.82, 2.24) is 10.2 Å². The van der Waals surface area contributed by atoms with Gasteiger partial charge in [0.1, 0.15) is 12.1 Å². The maximum absolute atomic E-state index is 12.8. The first kappa shape index (κ1) is 20.9. The van der Waals surface area contributed by atoms with Gasteiger partial charge in [-0.05, 0) is 36.8 Å². The highest BCUT2D eigenvalue weighted by atomic mass is 16.5. The number of hydrogen-bond acceptors (Lipinski definition) is 5. The van der Waals surface area contributed by atoms with Gasteiger partial charge < -0.3 is 20.3 Å². The van der Waals surface area contributed by atoms with E-state index < -0.39 is 24.0 Å². The summed E-state index contributed by atoms with van der Waals surface area (Å²) in [5, 5.41) is 5.49. The van der Waals surface area contributed by atoms with Crippen molar-refractivity contribution in [3.8, 4) is 0 Å². The average Bonchev–Trinajstić information content (AvgIpc) is 3.07. The van der Waals surface area contributed by atoms with Gasteiger partial charge in [0.25, 0.3) is 5.91 Å². The number of nitrogens with one attached hydrogen (secondary N) is 2. The number of imide groups is 1. The van der Waals surface area contributed by atoms with E-state index in [1.54, 1.807) is 6.92 Å². The Hall–Kier alpha value is -3.39. The van der Waals surface area contributed by atoms with Crippen LogP contribution in [0.3, 0.4) is 0 Å². The van der Waals surface area contributed by atoms with Crippen molar-refractivity contribution < 1.29 is 19.1 Å². The van der Waals surface area contributed by atoms with E-state index in [-0.39, 0.29) is 5.91 Å². The molecule has 4 rings (SSSR count). The highest BCUT2D eigenvalue weighted by molar-refractivity contribution is 6.09. The van der Waals surface area contributed by atoms with Crippen molar-refractivity contribution >= 4 is 29.2 Å².